The van der Waals surface area contributed by atoms with Gasteiger partial charge in [0.15, 0.2) is 0 Å². The first-order valence-corrected chi connectivity index (χ1v) is 3.60. The van der Waals surface area contributed by atoms with Gasteiger partial charge in [-0.3, -0.25) is 0 Å². The molecule has 0 fully saturated rings. The Morgan fingerprint density at radius 3 is 2.56 bits per heavy atom. The third-order valence-corrected chi connectivity index (χ3v) is 2.11. The molecule has 0 aliphatic rings. The maximum Gasteiger partial charge on any atom is 0.127 e. The molecule has 9 heavy (non-hydrogen) atoms. The Balaban J connectivity index is 3.04. The molecule has 0 saturated carbocycles. The number of aryl methyl sites for hydroxylation is 2. The van der Waals surface area contributed by atoms with E-state index in [0.29, 0.717) is 0 Å². The summed E-state index contributed by atoms with van der Waals surface area (Å²) in [5, 5.41) is 7.71. The van der Waals surface area contributed by atoms with E-state index in [-0.39, 0.29) is 0 Å². The van der Waals surface area contributed by atoms with Gasteiger partial charge in [0.2, 0.25) is 0 Å². The molecule has 0 radical (unpaired) electrons. The summed E-state index contributed by atoms with van der Waals surface area (Å²) >= 11 is 3.35. The Morgan fingerprint density at radius 1 is 1.67 bits per heavy atom. The number of hydrogen-bond acceptors (Lipinski definition) is 2. The van der Waals surface area contributed by atoms with Crippen LogP contribution in [-0.4, -0.2) is 15.0 Å². The summed E-state index contributed by atoms with van der Waals surface area (Å²) in [7, 11) is 0. The van der Waals surface area contributed by atoms with Crippen LogP contribution in [-0.2, 0) is 6.54 Å². The van der Waals surface area contributed by atoms with Gasteiger partial charge in [0.25, 0.3) is 0 Å². The lowest BCUT2D eigenvalue weighted by molar-refractivity contribution is 0.615. The molecule has 0 aromatic carbocycles. The van der Waals surface area contributed by atoms with Gasteiger partial charge in [-0.1, -0.05) is 5.21 Å². The molecule has 1 aromatic heterocycles. The predicted molar refractivity (Wildman–Crippen MR) is 38.1 cm³/mol. The van der Waals surface area contributed by atoms with Gasteiger partial charge in [-0.15, -0.1) is 5.10 Å². The van der Waals surface area contributed by atoms with Crippen LogP contribution in [0.25, 0.3) is 0 Å². The molecule has 0 N–H and O–H groups in total. The minimum atomic E-state index is 0.863. The van der Waals surface area contributed by atoms with Crippen molar-refractivity contribution >= 4 is 15.9 Å². The third kappa shape index (κ3) is 1.13. The number of hydrogen-bond donors (Lipinski definition) is 0. The van der Waals surface area contributed by atoms with Crippen LogP contribution in [0.2, 0.25) is 0 Å². The van der Waals surface area contributed by atoms with Crippen molar-refractivity contribution in [2.75, 3.05) is 0 Å². The van der Waals surface area contributed by atoms with Gasteiger partial charge in [0, 0.05) is 6.54 Å². The second kappa shape index (κ2) is 2.47. The van der Waals surface area contributed by atoms with Crippen molar-refractivity contribution in [3.63, 3.8) is 0 Å². The van der Waals surface area contributed by atoms with E-state index in [1.165, 1.54) is 0 Å². The summed E-state index contributed by atoms with van der Waals surface area (Å²) < 4.78 is 2.78. The van der Waals surface area contributed by atoms with Crippen molar-refractivity contribution in [1.29, 1.82) is 0 Å². The van der Waals surface area contributed by atoms with Crippen molar-refractivity contribution in [3.8, 4) is 0 Å². The van der Waals surface area contributed by atoms with Gasteiger partial charge in [0.05, 0.1) is 5.69 Å². The molecule has 0 unspecified atom stereocenters. The Bertz CT molecular complexity index is 206. The van der Waals surface area contributed by atoms with Crippen LogP contribution < -0.4 is 0 Å². The standard InChI is InChI=1S/C5H8BrN3/c1-3-9-5(6)4(2)7-8-9/h3H2,1-2H3. The first kappa shape index (κ1) is 6.74. The Labute approximate surface area is 62.2 Å². The third-order valence-electron chi connectivity index (χ3n) is 1.13. The lowest BCUT2D eigenvalue weighted by atomic mass is 10.6. The Hall–Kier alpha value is -0.380. The zero-order chi connectivity index (χ0) is 6.85. The highest BCUT2D eigenvalue weighted by atomic mass is 79.9. The van der Waals surface area contributed by atoms with Gasteiger partial charge in [-0.2, -0.15) is 0 Å². The first-order chi connectivity index (χ1) is 4.25. The van der Waals surface area contributed by atoms with Gasteiger partial charge in [-0.05, 0) is 29.8 Å². The molecule has 0 aliphatic heterocycles. The van der Waals surface area contributed by atoms with E-state index in [4.69, 9.17) is 0 Å². The average molecular weight is 190 g/mol. The largest absolute Gasteiger partial charge is 0.238 e. The van der Waals surface area contributed by atoms with Crippen LogP contribution in [0.15, 0.2) is 4.60 Å². The summed E-state index contributed by atoms with van der Waals surface area (Å²) in [5.74, 6) is 0. The van der Waals surface area contributed by atoms with Crippen molar-refractivity contribution < 1.29 is 0 Å². The molecule has 0 spiro atoms. The molecule has 1 aromatic rings. The van der Waals surface area contributed by atoms with Crippen molar-refractivity contribution in [1.82, 2.24) is 15.0 Å². The lowest BCUT2D eigenvalue weighted by Crippen LogP contribution is -1.95. The number of aromatic nitrogens is 3. The molecule has 1 rings (SSSR count). The smallest absolute Gasteiger partial charge is 0.127 e. The minimum absolute atomic E-state index is 0.863. The second-order valence-corrected chi connectivity index (χ2v) is 2.53. The molecule has 0 atom stereocenters. The first-order valence-electron chi connectivity index (χ1n) is 2.81. The van der Waals surface area contributed by atoms with Crippen LogP contribution in [0.3, 0.4) is 0 Å². The van der Waals surface area contributed by atoms with Gasteiger partial charge in [0.1, 0.15) is 4.60 Å². The van der Waals surface area contributed by atoms with E-state index in [9.17, 15) is 0 Å². The quantitative estimate of drug-likeness (QED) is 0.669. The fourth-order valence-corrected chi connectivity index (χ4v) is 0.991. The second-order valence-electron chi connectivity index (χ2n) is 1.78. The maximum absolute atomic E-state index is 3.85. The van der Waals surface area contributed by atoms with Crippen molar-refractivity contribution in [2.24, 2.45) is 0 Å². The van der Waals surface area contributed by atoms with E-state index >= 15 is 0 Å². The Morgan fingerprint density at radius 2 is 2.33 bits per heavy atom. The zero-order valence-corrected chi connectivity index (χ0v) is 7.01. The van der Waals surface area contributed by atoms with Gasteiger partial charge < -0.3 is 0 Å². The maximum atomic E-state index is 3.85. The van der Waals surface area contributed by atoms with Gasteiger partial charge >= 0.3 is 0 Å². The predicted octanol–water partition coefficient (Wildman–Crippen LogP) is 1.37. The van der Waals surface area contributed by atoms with Crippen molar-refractivity contribution in [2.45, 2.75) is 20.4 Å². The topological polar surface area (TPSA) is 30.7 Å². The van der Waals surface area contributed by atoms with E-state index in [1.54, 1.807) is 4.68 Å². The van der Waals surface area contributed by atoms with Crippen LogP contribution in [0.5, 0.6) is 0 Å². The molecule has 0 amide bonds. The van der Waals surface area contributed by atoms with E-state index in [0.717, 1.165) is 16.8 Å². The highest BCUT2D eigenvalue weighted by Gasteiger charge is 2.01. The molecular formula is C5H8BrN3. The van der Waals surface area contributed by atoms with Crippen molar-refractivity contribution in [3.05, 3.63) is 10.3 Å². The highest BCUT2D eigenvalue weighted by molar-refractivity contribution is 9.10. The van der Waals surface area contributed by atoms with E-state index < -0.39 is 0 Å². The highest BCUT2D eigenvalue weighted by Crippen LogP contribution is 2.10. The van der Waals surface area contributed by atoms with E-state index in [2.05, 4.69) is 26.2 Å². The summed E-state index contributed by atoms with van der Waals surface area (Å²) in [6, 6.07) is 0. The molecule has 0 bridgehead atoms. The lowest BCUT2D eigenvalue weighted by Gasteiger charge is -1.92. The normalized spacial score (nSPS) is 10.1. The van der Waals surface area contributed by atoms with Crippen LogP contribution in [0, 0.1) is 6.92 Å². The number of rotatable bonds is 1. The number of halogens is 1. The molecule has 3 nitrogen and oxygen atoms in total. The fourth-order valence-electron chi connectivity index (χ4n) is 0.590. The van der Waals surface area contributed by atoms with Crippen LogP contribution >= 0.6 is 15.9 Å². The Kier molecular flexibility index (Phi) is 1.85. The fraction of sp³-hybridized carbons (Fsp3) is 0.600. The zero-order valence-electron chi connectivity index (χ0n) is 5.43. The summed E-state index contributed by atoms with van der Waals surface area (Å²) in [6.45, 7) is 4.81. The number of nitrogens with zero attached hydrogens (tertiary/aromatic N) is 3. The molecular weight excluding hydrogens is 182 g/mol. The van der Waals surface area contributed by atoms with Crippen LogP contribution in [0.1, 0.15) is 12.6 Å². The molecule has 0 aliphatic carbocycles. The summed E-state index contributed by atoms with van der Waals surface area (Å²) in [4.78, 5) is 0. The minimum Gasteiger partial charge on any atom is -0.238 e. The SMILES string of the molecule is CCn1nnc(C)c1Br. The van der Waals surface area contributed by atoms with Crippen LogP contribution in [0.4, 0.5) is 0 Å². The molecule has 0 saturated heterocycles. The summed E-state index contributed by atoms with van der Waals surface area (Å²) in [5.41, 5.74) is 0.942. The van der Waals surface area contributed by atoms with Gasteiger partial charge in [-0.25, -0.2) is 4.68 Å². The molecule has 1 heterocycles. The molecule has 4 heteroatoms. The summed E-state index contributed by atoms with van der Waals surface area (Å²) in [6.07, 6.45) is 0. The molecule has 50 valence electrons. The monoisotopic (exact) mass is 189 g/mol. The van der Waals surface area contributed by atoms with E-state index in [1.807, 2.05) is 13.8 Å². The average Bonchev–Trinajstić information content (AvgIpc) is 2.15.